The SMILES string of the molecule is CN(C(=O)NC1CCCCC1C(=O)O)C1CC1. The normalized spacial score (nSPS) is 28.5. The van der Waals surface area contributed by atoms with Crippen LogP contribution in [0.2, 0.25) is 0 Å². The summed E-state index contributed by atoms with van der Waals surface area (Å²) >= 11 is 0. The maximum Gasteiger partial charge on any atom is 0.317 e. The minimum Gasteiger partial charge on any atom is -0.481 e. The highest BCUT2D eigenvalue weighted by atomic mass is 16.4. The number of nitrogens with zero attached hydrogens (tertiary/aromatic N) is 1. The molecule has 0 bridgehead atoms. The fraction of sp³-hybridized carbons (Fsp3) is 0.833. The molecule has 2 unspecified atom stereocenters. The van der Waals surface area contributed by atoms with Crippen molar-refractivity contribution in [1.29, 1.82) is 0 Å². The molecular formula is C12H20N2O3. The van der Waals surface area contributed by atoms with Crippen molar-refractivity contribution in [2.24, 2.45) is 5.92 Å². The second kappa shape index (κ2) is 4.94. The van der Waals surface area contributed by atoms with Gasteiger partial charge in [0, 0.05) is 19.1 Å². The number of carbonyl (C=O) groups is 2. The van der Waals surface area contributed by atoms with Gasteiger partial charge in [0.25, 0.3) is 0 Å². The van der Waals surface area contributed by atoms with Gasteiger partial charge in [-0.3, -0.25) is 4.79 Å². The van der Waals surface area contributed by atoms with E-state index in [2.05, 4.69) is 5.32 Å². The highest BCUT2D eigenvalue weighted by molar-refractivity contribution is 5.77. The van der Waals surface area contributed by atoms with Crippen molar-refractivity contribution in [2.45, 2.75) is 50.6 Å². The van der Waals surface area contributed by atoms with E-state index in [9.17, 15) is 9.59 Å². The molecular weight excluding hydrogens is 220 g/mol. The lowest BCUT2D eigenvalue weighted by atomic mass is 9.84. The van der Waals surface area contributed by atoms with E-state index < -0.39 is 11.9 Å². The minimum atomic E-state index is -0.788. The summed E-state index contributed by atoms with van der Waals surface area (Å²) in [6.45, 7) is 0. The summed E-state index contributed by atoms with van der Waals surface area (Å²) < 4.78 is 0. The molecule has 0 radical (unpaired) electrons. The first-order valence-electron chi connectivity index (χ1n) is 6.35. The van der Waals surface area contributed by atoms with Gasteiger partial charge in [0.1, 0.15) is 0 Å². The van der Waals surface area contributed by atoms with Crippen molar-refractivity contribution in [1.82, 2.24) is 10.2 Å². The maximum absolute atomic E-state index is 11.9. The minimum absolute atomic E-state index is 0.120. The zero-order valence-electron chi connectivity index (χ0n) is 10.2. The van der Waals surface area contributed by atoms with E-state index in [0.717, 1.165) is 32.1 Å². The quantitative estimate of drug-likeness (QED) is 0.784. The van der Waals surface area contributed by atoms with E-state index in [1.54, 1.807) is 11.9 Å². The number of carbonyl (C=O) groups excluding carboxylic acids is 1. The van der Waals surface area contributed by atoms with E-state index in [-0.39, 0.29) is 12.1 Å². The van der Waals surface area contributed by atoms with Gasteiger partial charge in [0.15, 0.2) is 0 Å². The molecule has 0 aromatic heterocycles. The third-order valence-electron chi connectivity index (χ3n) is 3.81. The predicted molar refractivity (Wildman–Crippen MR) is 62.7 cm³/mol. The van der Waals surface area contributed by atoms with Crippen LogP contribution in [0.1, 0.15) is 38.5 Å². The highest BCUT2D eigenvalue weighted by Crippen LogP contribution is 2.27. The van der Waals surface area contributed by atoms with E-state index in [1.807, 2.05) is 0 Å². The number of nitrogens with one attached hydrogen (secondary N) is 1. The molecule has 2 aliphatic carbocycles. The molecule has 2 aliphatic rings. The van der Waals surface area contributed by atoms with E-state index >= 15 is 0 Å². The summed E-state index contributed by atoms with van der Waals surface area (Å²) in [6.07, 6.45) is 5.53. The van der Waals surface area contributed by atoms with Gasteiger partial charge >= 0.3 is 12.0 Å². The van der Waals surface area contributed by atoms with Gasteiger partial charge in [-0.2, -0.15) is 0 Å². The number of aliphatic carboxylic acids is 1. The maximum atomic E-state index is 11.9. The van der Waals surface area contributed by atoms with Crippen LogP contribution in [0.4, 0.5) is 4.79 Å². The lowest BCUT2D eigenvalue weighted by molar-refractivity contribution is -0.143. The Hall–Kier alpha value is -1.26. The van der Waals surface area contributed by atoms with Crippen LogP contribution in [0.15, 0.2) is 0 Å². The van der Waals surface area contributed by atoms with Crippen molar-refractivity contribution in [3.05, 3.63) is 0 Å². The first-order valence-corrected chi connectivity index (χ1v) is 6.35. The number of urea groups is 1. The van der Waals surface area contributed by atoms with Crippen molar-refractivity contribution >= 4 is 12.0 Å². The molecule has 2 amide bonds. The van der Waals surface area contributed by atoms with Crippen molar-refractivity contribution < 1.29 is 14.7 Å². The molecule has 5 heteroatoms. The summed E-state index contributed by atoms with van der Waals surface area (Å²) in [5.74, 6) is -1.20. The van der Waals surface area contributed by atoms with Crippen LogP contribution in [-0.4, -0.2) is 41.1 Å². The van der Waals surface area contributed by atoms with Crippen LogP contribution < -0.4 is 5.32 Å². The zero-order chi connectivity index (χ0) is 12.4. The summed E-state index contributed by atoms with van der Waals surface area (Å²) in [6, 6.07) is 0.0440. The molecule has 0 aromatic carbocycles. The Balaban J connectivity index is 1.90. The topological polar surface area (TPSA) is 69.6 Å². The fourth-order valence-corrected chi connectivity index (χ4v) is 2.49. The Morgan fingerprint density at radius 2 is 1.82 bits per heavy atom. The Labute approximate surface area is 101 Å². The van der Waals surface area contributed by atoms with Crippen LogP contribution >= 0.6 is 0 Å². The average molecular weight is 240 g/mol. The van der Waals surface area contributed by atoms with Gasteiger partial charge in [-0.1, -0.05) is 12.8 Å². The molecule has 5 nitrogen and oxygen atoms in total. The van der Waals surface area contributed by atoms with Crippen LogP contribution in [0.3, 0.4) is 0 Å². The first kappa shape index (κ1) is 12.2. The largest absolute Gasteiger partial charge is 0.481 e. The second-order valence-electron chi connectivity index (χ2n) is 5.13. The van der Waals surface area contributed by atoms with E-state index in [4.69, 9.17) is 5.11 Å². The van der Waals surface area contributed by atoms with Crippen LogP contribution in [0.5, 0.6) is 0 Å². The molecule has 0 heterocycles. The number of carboxylic acid groups (broad SMARTS) is 1. The Morgan fingerprint density at radius 1 is 1.18 bits per heavy atom. The Bertz CT molecular complexity index is 315. The molecule has 0 spiro atoms. The number of hydrogen-bond donors (Lipinski definition) is 2. The second-order valence-corrected chi connectivity index (χ2v) is 5.13. The Kier molecular flexibility index (Phi) is 3.54. The van der Waals surface area contributed by atoms with Crippen molar-refractivity contribution in [3.8, 4) is 0 Å². The summed E-state index contributed by atoms with van der Waals surface area (Å²) in [5, 5.41) is 12.0. The molecule has 0 saturated heterocycles. The molecule has 2 N–H and O–H groups in total. The molecule has 2 atom stereocenters. The zero-order valence-corrected chi connectivity index (χ0v) is 10.2. The Morgan fingerprint density at radius 3 is 2.41 bits per heavy atom. The lowest BCUT2D eigenvalue weighted by Crippen LogP contribution is -2.49. The number of rotatable bonds is 3. The number of amides is 2. The van der Waals surface area contributed by atoms with Crippen molar-refractivity contribution in [2.75, 3.05) is 7.05 Å². The van der Waals surface area contributed by atoms with Gasteiger partial charge in [-0.05, 0) is 25.7 Å². The molecule has 96 valence electrons. The van der Waals surface area contributed by atoms with Gasteiger partial charge in [0.05, 0.1) is 5.92 Å². The standard InChI is InChI=1S/C12H20N2O3/c1-14(8-6-7-8)12(17)13-10-5-3-2-4-9(10)11(15)16/h8-10H,2-7H2,1H3,(H,13,17)(H,15,16). The van der Waals surface area contributed by atoms with Gasteiger partial charge in [-0.15, -0.1) is 0 Å². The average Bonchev–Trinajstić information content (AvgIpc) is 3.12. The summed E-state index contributed by atoms with van der Waals surface area (Å²) in [4.78, 5) is 24.7. The van der Waals surface area contributed by atoms with Crippen LogP contribution in [0.25, 0.3) is 0 Å². The third kappa shape index (κ3) is 2.90. The van der Waals surface area contributed by atoms with Crippen molar-refractivity contribution in [3.63, 3.8) is 0 Å². The fourth-order valence-electron chi connectivity index (χ4n) is 2.49. The molecule has 2 rings (SSSR count). The molecule has 0 aromatic rings. The predicted octanol–water partition coefficient (Wildman–Crippen LogP) is 1.43. The van der Waals surface area contributed by atoms with Crippen LogP contribution in [0, 0.1) is 5.92 Å². The monoisotopic (exact) mass is 240 g/mol. The third-order valence-corrected chi connectivity index (χ3v) is 3.81. The van der Waals surface area contributed by atoms with Gasteiger partial charge in [0.2, 0.25) is 0 Å². The van der Waals surface area contributed by atoms with Gasteiger partial charge in [-0.25, -0.2) is 4.79 Å². The van der Waals surface area contributed by atoms with E-state index in [0.29, 0.717) is 12.5 Å². The van der Waals surface area contributed by atoms with E-state index in [1.165, 1.54) is 0 Å². The van der Waals surface area contributed by atoms with Gasteiger partial charge < -0.3 is 15.3 Å². The molecule has 2 fully saturated rings. The highest BCUT2D eigenvalue weighted by Gasteiger charge is 2.35. The number of carboxylic acids is 1. The molecule has 2 saturated carbocycles. The summed E-state index contributed by atoms with van der Waals surface area (Å²) in [5.41, 5.74) is 0. The number of hydrogen-bond acceptors (Lipinski definition) is 2. The molecule has 17 heavy (non-hydrogen) atoms. The molecule has 0 aliphatic heterocycles. The summed E-state index contributed by atoms with van der Waals surface area (Å²) in [7, 11) is 1.78. The smallest absolute Gasteiger partial charge is 0.317 e. The van der Waals surface area contributed by atoms with Crippen LogP contribution in [-0.2, 0) is 4.79 Å². The first-order chi connectivity index (χ1) is 8.09. The lowest BCUT2D eigenvalue weighted by Gasteiger charge is -2.31.